The van der Waals surface area contributed by atoms with Gasteiger partial charge < -0.3 is 5.32 Å². The van der Waals surface area contributed by atoms with E-state index in [4.69, 9.17) is 0 Å². The molecular formula is C13H16N4O. The quantitative estimate of drug-likeness (QED) is 0.875. The fourth-order valence-electron chi connectivity index (χ4n) is 2.46. The van der Waals surface area contributed by atoms with Crippen LogP contribution in [0, 0.1) is 0 Å². The summed E-state index contributed by atoms with van der Waals surface area (Å²) in [4.78, 5) is 20.2. The van der Waals surface area contributed by atoms with E-state index < -0.39 is 0 Å². The summed E-state index contributed by atoms with van der Waals surface area (Å²) in [6, 6.07) is 5.89. The van der Waals surface area contributed by atoms with E-state index >= 15 is 0 Å². The first kappa shape index (κ1) is 11.2. The molecule has 1 fully saturated rings. The number of fused-ring (bicyclic) bond motifs is 1. The topological polar surface area (TPSA) is 59.3 Å². The van der Waals surface area contributed by atoms with Gasteiger partial charge in [0.2, 0.25) is 5.95 Å². The molecule has 0 radical (unpaired) electrons. The van der Waals surface area contributed by atoms with Crippen molar-refractivity contribution in [2.45, 2.75) is 38.1 Å². The first-order valence-electron chi connectivity index (χ1n) is 6.45. The van der Waals surface area contributed by atoms with Crippen LogP contribution in [0.3, 0.4) is 0 Å². The Kier molecular flexibility index (Phi) is 2.96. The van der Waals surface area contributed by atoms with E-state index in [1.54, 1.807) is 12.3 Å². The van der Waals surface area contributed by atoms with Gasteiger partial charge >= 0.3 is 5.69 Å². The minimum atomic E-state index is -0.279. The standard InChI is InChI=1S/C13H16N4O/c18-13-16-12(14-10-6-2-1-3-7-10)15-11-8-4-5-9-17(11)13/h4-5,8-10H,1-3,6-7H2,(H,14,16,18). The van der Waals surface area contributed by atoms with Crippen molar-refractivity contribution in [3.05, 3.63) is 34.9 Å². The van der Waals surface area contributed by atoms with Crippen LogP contribution < -0.4 is 11.0 Å². The molecule has 0 amide bonds. The van der Waals surface area contributed by atoms with Crippen molar-refractivity contribution in [2.75, 3.05) is 5.32 Å². The van der Waals surface area contributed by atoms with Crippen molar-refractivity contribution >= 4 is 11.6 Å². The summed E-state index contributed by atoms with van der Waals surface area (Å²) in [6.45, 7) is 0. The average Bonchev–Trinajstić information content (AvgIpc) is 2.40. The molecule has 1 N–H and O–H groups in total. The monoisotopic (exact) mass is 244 g/mol. The third kappa shape index (κ3) is 2.20. The summed E-state index contributed by atoms with van der Waals surface area (Å²) in [5.74, 6) is 0.457. The van der Waals surface area contributed by atoms with Crippen LogP contribution in [0.25, 0.3) is 5.65 Å². The molecule has 1 aliphatic rings. The van der Waals surface area contributed by atoms with Gasteiger partial charge in [-0.3, -0.25) is 4.40 Å². The summed E-state index contributed by atoms with van der Waals surface area (Å²) < 4.78 is 1.45. The van der Waals surface area contributed by atoms with Crippen LogP contribution >= 0.6 is 0 Å². The number of rotatable bonds is 2. The minimum Gasteiger partial charge on any atom is -0.351 e. The normalized spacial score (nSPS) is 16.9. The number of hydrogen-bond acceptors (Lipinski definition) is 4. The lowest BCUT2D eigenvalue weighted by Gasteiger charge is -2.22. The Morgan fingerprint density at radius 3 is 2.83 bits per heavy atom. The lowest BCUT2D eigenvalue weighted by molar-refractivity contribution is 0.460. The van der Waals surface area contributed by atoms with Crippen LogP contribution in [0.1, 0.15) is 32.1 Å². The molecule has 5 heteroatoms. The molecule has 1 aliphatic carbocycles. The highest BCUT2D eigenvalue weighted by atomic mass is 16.1. The highest BCUT2D eigenvalue weighted by molar-refractivity contribution is 5.42. The number of nitrogens with one attached hydrogen (secondary N) is 1. The van der Waals surface area contributed by atoms with E-state index in [2.05, 4.69) is 15.3 Å². The Hall–Kier alpha value is -1.91. The second-order valence-corrected chi connectivity index (χ2v) is 4.74. The second-order valence-electron chi connectivity index (χ2n) is 4.74. The van der Waals surface area contributed by atoms with Gasteiger partial charge in [0.15, 0.2) is 0 Å². The molecule has 18 heavy (non-hydrogen) atoms. The first-order valence-corrected chi connectivity index (χ1v) is 6.45. The summed E-state index contributed by atoms with van der Waals surface area (Å²) in [7, 11) is 0. The summed E-state index contributed by atoms with van der Waals surface area (Å²) in [6.07, 6.45) is 7.74. The van der Waals surface area contributed by atoms with Crippen LogP contribution in [-0.4, -0.2) is 20.4 Å². The molecule has 0 aromatic carbocycles. The Bertz CT molecular complexity index is 601. The van der Waals surface area contributed by atoms with Gasteiger partial charge in [0, 0.05) is 12.2 Å². The van der Waals surface area contributed by atoms with E-state index in [0.29, 0.717) is 17.6 Å². The van der Waals surface area contributed by atoms with Gasteiger partial charge in [-0.05, 0) is 25.0 Å². The highest BCUT2D eigenvalue weighted by Crippen LogP contribution is 2.19. The maximum atomic E-state index is 11.8. The van der Waals surface area contributed by atoms with E-state index in [9.17, 15) is 4.79 Å². The molecule has 0 atom stereocenters. The molecular weight excluding hydrogens is 228 g/mol. The van der Waals surface area contributed by atoms with Gasteiger partial charge in [0.05, 0.1) is 0 Å². The summed E-state index contributed by atoms with van der Waals surface area (Å²) >= 11 is 0. The second kappa shape index (κ2) is 4.76. The number of hydrogen-bond donors (Lipinski definition) is 1. The van der Waals surface area contributed by atoms with E-state index in [0.717, 1.165) is 12.8 Å². The maximum absolute atomic E-state index is 11.8. The van der Waals surface area contributed by atoms with Crippen molar-refractivity contribution in [1.82, 2.24) is 14.4 Å². The molecule has 2 aromatic heterocycles. The maximum Gasteiger partial charge on any atom is 0.356 e. The van der Waals surface area contributed by atoms with Crippen molar-refractivity contribution in [2.24, 2.45) is 0 Å². The summed E-state index contributed by atoms with van der Waals surface area (Å²) in [5, 5.41) is 3.28. The molecule has 2 aromatic rings. The van der Waals surface area contributed by atoms with Gasteiger partial charge in [-0.2, -0.15) is 9.97 Å². The molecule has 2 heterocycles. The third-order valence-corrected chi connectivity index (χ3v) is 3.40. The number of nitrogens with zero attached hydrogens (tertiary/aromatic N) is 3. The smallest absolute Gasteiger partial charge is 0.351 e. The molecule has 0 bridgehead atoms. The van der Waals surface area contributed by atoms with Crippen LogP contribution in [-0.2, 0) is 0 Å². The third-order valence-electron chi connectivity index (χ3n) is 3.40. The van der Waals surface area contributed by atoms with Gasteiger partial charge in [-0.25, -0.2) is 4.79 Å². The summed E-state index contributed by atoms with van der Waals surface area (Å²) in [5.41, 5.74) is 0.356. The number of aromatic nitrogens is 3. The van der Waals surface area contributed by atoms with Gasteiger partial charge in [0.25, 0.3) is 0 Å². The largest absolute Gasteiger partial charge is 0.356 e. The molecule has 5 nitrogen and oxygen atoms in total. The fraction of sp³-hybridized carbons (Fsp3) is 0.462. The number of pyridine rings is 1. The number of anilines is 1. The predicted octanol–water partition coefficient (Wildman–Crippen LogP) is 1.83. The van der Waals surface area contributed by atoms with E-state index in [1.165, 1.54) is 23.7 Å². The fourth-order valence-corrected chi connectivity index (χ4v) is 2.46. The Morgan fingerprint density at radius 1 is 1.17 bits per heavy atom. The van der Waals surface area contributed by atoms with Crippen LogP contribution in [0.15, 0.2) is 29.2 Å². The van der Waals surface area contributed by atoms with E-state index in [-0.39, 0.29) is 5.69 Å². The lowest BCUT2D eigenvalue weighted by atomic mass is 9.96. The van der Waals surface area contributed by atoms with Gasteiger partial charge in [0.1, 0.15) is 5.65 Å². The molecule has 0 spiro atoms. The average molecular weight is 244 g/mol. The molecule has 0 aliphatic heterocycles. The zero-order chi connectivity index (χ0) is 12.4. The van der Waals surface area contributed by atoms with Crippen LogP contribution in [0.2, 0.25) is 0 Å². The van der Waals surface area contributed by atoms with Crippen LogP contribution in [0.5, 0.6) is 0 Å². The predicted molar refractivity (Wildman–Crippen MR) is 69.8 cm³/mol. The molecule has 3 rings (SSSR count). The van der Waals surface area contributed by atoms with Crippen LogP contribution in [0.4, 0.5) is 5.95 Å². The molecule has 1 saturated carbocycles. The molecule has 0 unspecified atom stereocenters. The van der Waals surface area contributed by atoms with Gasteiger partial charge in [-0.15, -0.1) is 0 Å². The highest BCUT2D eigenvalue weighted by Gasteiger charge is 2.14. The molecule has 0 saturated heterocycles. The minimum absolute atomic E-state index is 0.279. The Balaban J connectivity index is 1.90. The van der Waals surface area contributed by atoms with Gasteiger partial charge in [-0.1, -0.05) is 25.3 Å². The Morgan fingerprint density at radius 2 is 2.00 bits per heavy atom. The van der Waals surface area contributed by atoms with Crippen molar-refractivity contribution < 1.29 is 0 Å². The lowest BCUT2D eigenvalue weighted by Crippen LogP contribution is -2.27. The Labute approximate surface area is 105 Å². The van der Waals surface area contributed by atoms with Crippen molar-refractivity contribution in [1.29, 1.82) is 0 Å². The zero-order valence-electron chi connectivity index (χ0n) is 10.2. The SMILES string of the molecule is O=c1nc(NC2CCCCC2)nc2ccccn12. The first-order chi connectivity index (χ1) is 8.83. The van der Waals surface area contributed by atoms with Crippen molar-refractivity contribution in [3.63, 3.8) is 0 Å². The van der Waals surface area contributed by atoms with Crippen molar-refractivity contribution in [3.8, 4) is 0 Å². The zero-order valence-corrected chi connectivity index (χ0v) is 10.2. The van der Waals surface area contributed by atoms with E-state index in [1.807, 2.05) is 12.1 Å². The molecule has 94 valence electrons.